The Hall–Kier alpha value is -2.57. The van der Waals surface area contributed by atoms with Gasteiger partial charge in [0.1, 0.15) is 5.78 Å². The van der Waals surface area contributed by atoms with Crippen molar-refractivity contribution in [1.82, 2.24) is 20.2 Å². The van der Waals surface area contributed by atoms with Gasteiger partial charge < -0.3 is 4.74 Å². The average Bonchev–Trinajstić information content (AvgIpc) is 3.09. The van der Waals surface area contributed by atoms with Crippen LogP contribution < -0.4 is 0 Å². The third-order valence-corrected chi connectivity index (χ3v) is 5.26. The molecule has 0 spiro atoms. The van der Waals surface area contributed by atoms with Crippen molar-refractivity contribution in [1.29, 1.82) is 0 Å². The number of aromatic nitrogens is 4. The summed E-state index contributed by atoms with van der Waals surface area (Å²) >= 11 is 0. The lowest BCUT2D eigenvalue weighted by atomic mass is 9.67. The zero-order valence-corrected chi connectivity index (χ0v) is 13.9. The first kappa shape index (κ1) is 15.9. The van der Waals surface area contributed by atoms with Crippen LogP contribution in [0.4, 0.5) is 0 Å². The van der Waals surface area contributed by atoms with E-state index in [0.717, 1.165) is 24.9 Å². The molecule has 25 heavy (non-hydrogen) atoms. The minimum absolute atomic E-state index is 0.0283. The van der Waals surface area contributed by atoms with Crippen LogP contribution in [0.25, 0.3) is 5.69 Å². The molecule has 2 saturated carbocycles. The maximum Gasteiger partial charge on any atom is 0.309 e. The predicted molar refractivity (Wildman–Crippen MR) is 87.5 cm³/mol. The largest absolute Gasteiger partial charge is 0.457 e. The molecule has 2 bridgehead atoms. The molecule has 1 aromatic heterocycles. The molecule has 7 heteroatoms. The van der Waals surface area contributed by atoms with Gasteiger partial charge in [-0.25, -0.2) is 0 Å². The van der Waals surface area contributed by atoms with Gasteiger partial charge in [0.15, 0.2) is 12.4 Å². The van der Waals surface area contributed by atoms with Crippen LogP contribution in [0.2, 0.25) is 0 Å². The second-order valence-electron chi connectivity index (χ2n) is 6.85. The normalized spacial score (nSPS) is 25.6. The molecule has 0 radical (unpaired) electrons. The van der Waals surface area contributed by atoms with E-state index in [1.165, 1.54) is 0 Å². The number of carbonyl (C=O) groups is 2. The minimum atomic E-state index is -0.244. The van der Waals surface area contributed by atoms with Gasteiger partial charge in [0.05, 0.1) is 11.6 Å². The molecule has 1 unspecified atom stereocenters. The number of fused-ring (bicyclic) bond motifs is 2. The predicted octanol–water partition coefficient (Wildman–Crippen LogP) is 2.10. The number of tetrazole rings is 1. The third-order valence-electron chi connectivity index (χ3n) is 5.26. The number of hydrogen-bond donors (Lipinski definition) is 0. The number of nitrogens with zero attached hydrogens (tertiary/aromatic N) is 4. The van der Waals surface area contributed by atoms with Crippen LogP contribution >= 0.6 is 0 Å². The second kappa shape index (κ2) is 6.74. The van der Waals surface area contributed by atoms with Crippen molar-refractivity contribution in [3.8, 4) is 5.69 Å². The third kappa shape index (κ3) is 3.18. The van der Waals surface area contributed by atoms with Crippen LogP contribution in [-0.4, -0.2) is 32.0 Å². The molecule has 4 rings (SSSR count). The fourth-order valence-electron chi connectivity index (χ4n) is 3.99. The van der Waals surface area contributed by atoms with Crippen LogP contribution in [0.3, 0.4) is 0 Å². The van der Waals surface area contributed by atoms with E-state index in [1.807, 2.05) is 30.3 Å². The van der Waals surface area contributed by atoms with Gasteiger partial charge in [0.25, 0.3) is 0 Å². The highest BCUT2D eigenvalue weighted by Gasteiger charge is 2.41. The van der Waals surface area contributed by atoms with Gasteiger partial charge in [0.2, 0.25) is 0 Å². The molecule has 0 saturated heterocycles. The van der Waals surface area contributed by atoms with Crippen molar-refractivity contribution in [2.24, 2.45) is 17.8 Å². The minimum Gasteiger partial charge on any atom is -0.457 e. The molecule has 0 N–H and O–H groups in total. The molecule has 2 aliphatic carbocycles. The number of hydrogen-bond acceptors (Lipinski definition) is 6. The van der Waals surface area contributed by atoms with Crippen LogP contribution in [0, 0.1) is 17.8 Å². The SMILES string of the molecule is O=C(OCc1nnnn1-c1ccccc1)C1C[C@H]2CCC[C@@H](C1)C2=O. The number of rotatable bonds is 4. The van der Waals surface area contributed by atoms with Gasteiger partial charge in [-0.05, 0) is 48.2 Å². The molecule has 3 atom stereocenters. The molecule has 2 aliphatic rings. The molecule has 0 aliphatic heterocycles. The van der Waals surface area contributed by atoms with Crippen molar-refractivity contribution >= 4 is 11.8 Å². The quantitative estimate of drug-likeness (QED) is 0.792. The number of benzene rings is 1. The lowest BCUT2D eigenvalue weighted by molar-refractivity contribution is -0.155. The van der Waals surface area contributed by atoms with Gasteiger partial charge in [-0.3, -0.25) is 9.59 Å². The summed E-state index contributed by atoms with van der Waals surface area (Å²) in [6.07, 6.45) is 4.15. The molecule has 1 heterocycles. The number of esters is 1. The van der Waals surface area contributed by atoms with Crippen molar-refractivity contribution in [3.63, 3.8) is 0 Å². The lowest BCUT2D eigenvalue weighted by Crippen LogP contribution is -2.39. The van der Waals surface area contributed by atoms with E-state index in [2.05, 4.69) is 15.5 Å². The zero-order chi connectivity index (χ0) is 17.2. The summed E-state index contributed by atoms with van der Waals surface area (Å²) in [5.74, 6) is 0.482. The monoisotopic (exact) mass is 340 g/mol. The smallest absolute Gasteiger partial charge is 0.309 e. The average molecular weight is 340 g/mol. The summed E-state index contributed by atoms with van der Waals surface area (Å²) < 4.78 is 7.04. The van der Waals surface area contributed by atoms with Gasteiger partial charge in [-0.1, -0.05) is 24.6 Å². The Morgan fingerprint density at radius 3 is 2.60 bits per heavy atom. The Bertz CT molecular complexity index is 758. The van der Waals surface area contributed by atoms with Crippen LogP contribution in [0.1, 0.15) is 37.9 Å². The number of Topliss-reactive ketones (excluding diaryl/α,β-unsaturated/α-hetero) is 1. The Labute approximate surface area is 145 Å². The van der Waals surface area contributed by atoms with Gasteiger partial charge >= 0.3 is 5.97 Å². The summed E-state index contributed by atoms with van der Waals surface area (Å²) in [6, 6.07) is 9.47. The number of para-hydroxylation sites is 1. The van der Waals surface area contributed by atoms with E-state index in [9.17, 15) is 9.59 Å². The lowest BCUT2D eigenvalue weighted by Gasteiger charge is -2.36. The molecular weight excluding hydrogens is 320 g/mol. The number of ketones is 1. The van der Waals surface area contributed by atoms with E-state index >= 15 is 0 Å². The maximum absolute atomic E-state index is 12.5. The van der Waals surface area contributed by atoms with Gasteiger partial charge in [-0.2, -0.15) is 4.68 Å². The van der Waals surface area contributed by atoms with E-state index < -0.39 is 0 Å². The highest BCUT2D eigenvalue weighted by Crippen LogP contribution is 2.40. The highest BCUT2D eigenvalue weighted by atomic mass is 16.5. The Morgan fingerprint density at radius 2 is 1.88 bits per heavy atom. The molecule has 2 fully saturated rings. The van der Waals surface area contributed by atoms with E-state index in [-0.39, 0.29) is 30.3 Å². The standard InChI is InChI=1S/C18H20N4O3/c23-17-12-5-4-6-13(17)10-14(9-12)18(24)25-11-16-19-20-21-22(16)15-7-2-1-3-8-15/h1-3,7-8,12-14H,4-6,9-11H2/t12-,13+,14?. The van der Waals surface area contributed by atoms with Crippen LogP contribution in [0.15, 0.2) is 30.3 Å². The molecule has 0 amide bonds. The van der Waals surface area contributed by atoms with Crippen LogP contribution in [-0.2, 0) is 20.9 Å². The van der Waals surface area contributed by atoms with E-state index in [4.69, 9.17) is 4.74 Å². The highest BCUT2D eigenvalue weighted by molar-refractivity contribution is 5.87. The van der Waals surface area contributed by atoms with E-state index in [1.54, 1.807) is 4.68 Å². The summed E-state index contributed by atoms with van der Waals surface area (Å²) in [6.45, 7) is 0.0283. The first-order valence-corrected chi connectivity index (χ1v) is 8.75. The van der Waals surface area contributed by atoms with Crippen molar-refractivity contribution in [2.45, 2.75) is 38.7 Å². The fraction of sp³-hybridized carbons (Fsp3) is 0.500. The van der Waals surface area contributed by atoms with Crippen molar-refractivity contribution in [2.75, 3.05) is 0 Å². The molecule has 1 aromatic carbocycles. The summed E-state index contributed by atoms with van der Waals surface area (Å²) in [7, 11) is 0. The molecule has 2 aromatic rings. The summed E-state index contributed by atoms with van der Waals surface area (Å²) in [5, 5.41) is 11.6. The topological polar surface area (TPSA) is 87.0 Å². The van der Waals surface area contributed by atoms with Crippen molar-refractivity contribution in [3.05, 3.63) is 36.2 Å². The number of carbonyl (C=O) groups excluding carboxylic acids is 2. The molecule has 7 nitrogen and oxygen atoms in total. The number of ether oxygens (including phenoxy) is 1. The van der Waals surface area contributed by atoms with Gasteiger partial charge in [-0.15, -0.1) is 5.10 Å². The molecular formula is C18H20N4O3. The van der Waals surface area contributed by atoms with Crippen molar-refractivity contribution < 1.29 is 14.3 Å². The summed E-state index contributed by atoms with van der Waals surface area (Å²) in [4.78, 5) is 24.6. The van der Waals surface area contributed by atoms with E-state index in [0.29, 0.717) is 24.4 Å². The molecule has 130 valence electrons. The zero-order valence-electron chi connectivity index (χ0n) is 13.9. The Balaban J connectivity index is 1.40. The van der Waals surface area contributed by atoms with Crippen LogP contribution in [0.5, 0.6) is 0 Å². The first-order chi connectivity index (χ1) is 12.2. The second-order valence-corrected chi connectivity index (χ2v) is 6.85. The maximum atomic E-state index is 12.5. The summed E-state index contributed by atoms with van der Waals surface area (Å²) in [5.41, 5.74) is 0.816. The van der Waals surface area contributed by atoms with Gasteiger partial charge in [0, 0.05) is 11.8 Å². The fourth-order valence-corrected chi connectivity index (χ4v) is 3.99. The Kier molecular flexibility index (Phi) is 4.29. The Morgan fingerprint density at radius 1 is 1.16 bits per heavy atom. The first-order valence-electron chi connectivity index (χ1n) is 8.75.